The number of benzene rings is 1. The smallest absolute Gasteiger partial charge is 0.195 e. The van der Waals surface area contributed by atoms with Crippen LogP contribution in [0.25, 0.3) is 11.1 Å². The summed E-state index contributed by atoms with van der Waals surface area (Å²) >= 11 is 0. The summed E-state index contributed by atoms with van der Waals surface area (Å²) in [5, 5.41) is 3.61. The molecule has 2 unspecified atom stereocenters. The van der Waals surface area contributed by atoms with Gasteiger partial charge in [-0.1, -0.05) is 13.8 Å². The average Bonchev–Trinajstić information content (AvgIpc) is 2.94. The molecular weight excluding hydrogens is 224 g/mol. The van der Waals surface area contributed by atoms with Crippen molar-refractivity contribution in [3.8, 4) is 0 Å². The Kier molecular flexibility index (Phi) is 2.98. The van der Waals surface area contributed by atoms with Crippen molar-refractivity contribution in [1.29, 1.82) is 0 Å². The lowest BCUT2D eigenvalue weighted by Crippen LogP contribution is -2.14. The van der Waals surface area contributed by atoms with Crippen LogP contribution in [-0.2, 0) is 6.42 Å². The van der Waals surface area contributed by atoms with Crippen molar-refractivity contribution in [3.63, 3.8) is 0 Å². The van der Waals surface area contributed by atoms with Crippen molar-refractivity contribution >= 4 is 16.8 Å². The molecule has 1 saturated carbocycles. The Bertz CT molecular complexity index is 546. The first-order chi connectivity index (χ1) is 8.74. The number of hydrogen-bond acceptors (Lipinski definition) is 3. The zero-order valence-electron chi connectivity index (χ0n) is 11.1. The molecule has 1 fully saturated rings. The molecule has 0 radical (unpaired) electrons. The van der Waals surface area contributed by atoms with E-state index < -0.39 is 0 Å². The van der Waals surface area contributed by atoms with E-state index in [0.717, 1.165) is 35.0 Å². The third-order valence-corrected chi connectivity index (χ3v) is 3.80. The molecule has 3 heteroatoms. The highest BCUT2D eigenvalue weighted by molar-refractivity contribution is 5.77. The van der Waals surface area contributed by atoms with Crippen LogP contribution < -0.4 is 5.32 Å². The predicted molar refractivity (Wildman–Crippen MR) is 73.8 cm³/mol. The lowest BCUT2D eigenvalue weighted by molar-refractivity contribution is 0.538. The zero-order chi connectivity index (χ0) is 12.5. The first-order valence-corrected chi connectivity index (χ1v) is 6.90. The average molecular weight is 244 g/mol. The van der Waals surface area contributed by atoms with Gasteiger partial charge in [-0.3, -0.25) is 0 Å². The maximum atomic E-state index is 5.62. The Morgan fingerprint density at radius 3 is 3.00 bits per heavy atom. The molecule has 3 rings (SSSR count). The number of anilines is 1. The van der Waals surface area contributed by atoms with Crippen molar-refractivity contribution < 1.29 is 4.42 Å². The number of hydrogen-bond donors (Lipinski definition) is 1. The minimum atomic E-state index is 0.620. The van der Waals surface area contributed by atoms with Crippen molar-refractivity contribution in [3.05, 3.63) is 24.1 Å². The Morgan fingerprint density at radius 2 is 2.28 bits per heavy atom. The van der Waals surface area contributed by atoms with E-state index in [9.17, 15) is 0 Å². The monoisotopic (exact) mass is 244 g/mol. The third-order valence-electron chi connectivity index (χ3n) is 3.80. The van der Waals surface area contributed by atoms with E-state index in [0.29, 0.717) is 6.04 Å². The Morgan fingerprint density at radius 1 is 1.39 bits per heavy atom. The van der Waals surface area contributed by atoms with Crippen molar-refractivity contribution in [1.82, 2.24) is 4.98 Å². The van der Waals surface area contributed by atoms with Gasteiger partial charge in [-0.05, 0) is 43.4 Å². The molecule has 1 heterocycles. The molecule has 0 aliphatic heterocycles. The highest BCUT2D eigenvalue weighted by Gasteiger charge is 2.21. The van der Waals surface area contributed by atoms with Gasteiger partial charge < -0.3 is 9.73 Å². The first-order valence-electron chi connectivity index (χ1n) is 6.90. The molecule has 1 aliphatic carbocycles. The Hall–Kier alpha value is -1.51. The minimum absolute atomic E-state index is 0.620. The molecule has 2 atom stereocenters. The highest BCUT2D eigenvalue weighted by Crippen LogP contribution is 2.28. The lowest BCUT2D eigenvalue weighted by atomic mass is 10.1. The second-order valence-electron chi connectivity index (χ2n) is 5.40. The third kappa shape index (κ3) is 2.22. The van der Waals surface area contributed by atoms with Gasteiger partial charge in [-0.25, -0.2) is 4.98 Å². The molecule has 1 N–H and O–H groups in total. The Balaban J connectivity index is 1.80. The molecule has 0 bridgehead atoms. The lowest BCUT2D eigenvalue weighted by Gasteiger charge is -2.13. The fourth-order valence-corrected chi connectivity index (χ4v) is 2.79. The molecule has 2 aromatic rings. The van der Waals surface area contributed by atoms with Crippen LogP contribution in [0.5, 0.6) is 0 Å². The van der Waals surface area contributed by atoms with Gasteiger partial charge in [0.15, 0.2) is 11.5 Å². The molecular formula is C15H20N2O. The van der Waals surface area contributed by atoms with Crippen LogP contribution in [0.1, 0.15) is 39.0 Å². The van der Waals surface area contributed by atoms with Crippen LogP contribution in [0, 0.1) is 5.92 Å². The van der Waals surface area contributed by atoms with E-state index in [1.165, 1.54) is 19.3 Å². The van der Waals surface area contributed by atoms with Crippen molar-refractivity contribution in [2.75, 3.05) is 5.32 Å². The SMILES string of the molecule is CCc1nc2cc(NC3CCC(C)C3)ccc2o1. The number of rotatable bonds is 3. The summed E-state index contributed by atoms with van der Waals surface area (Å²) in [6.07, 6.45) is 4.73. The van der Waals surface area contributed by atoms with E-state index in [1.807, 2.05) is 6.07 Å². The highest BCUT2D eigenvalue weighted by atomic mass is 16.3. The summed E-state index contributed by atoms with van der Waals surface area (Å²) in [5.74, 6) is 1.67. The fraction of sp³-hybridized carbons (Fsp3) is 0.533. The molecule has 0 amide bonds. The second-order valence-corrected chi connectivity index (χ2v) is 5.40. The van der Waals surface area contributed by atoms with Gasteiger partial charge in [-0.15, -0.1) is 0 Å². The second kappa shape index (κ2) is 4.63. The molecule has 1 aliphatic rings. The van der Waals surface area contributed by atoms with Crippen LogP contribution in [0.2, 0.25) is 0 Å². The number of aryl methyl sites for hydroxylation is 1. The maximum absolute atomic E-state index is 5.62. The van der Waals surface area contributed by atoms with E-state index in [1.54, 1.807) is 0 Å². The van der Waals surface area contributed by atoms with Gasteiger partial charge in [0.1, 0.15) is 5.52 Å². The summed E-state index contributed by atoms with van der Waals surface area (Å²) < 4.78 is 5.62. The van der Waals surface area contributed by atoms with Gasteiger partial charge >= 0.3 is 0 Å². The van der Waals surface area contributed by atoms with Crippen LogP contribution in [-0.4, -0.2) is 11.0 Å². The number of aromatic nitrogens is 1. The van der Waals surface area contributed by atoms with Gasteiger partial charge in [0.25, 0.3) is 0 Å². The van der Waals surface area contributed by atoms with Gasteiger partial charge in [0, 0.05) is 18.2 Å². The summed E-state index contributed by atoms with van der Waals surface area (Å²) in [6, 6.07) is 6.83. The number of nitrogens with zero attached hydrogens (tertiary/aromatic N) is 1. The molecule has 3 nitrogen and oxygen atoms in total. The number of fused-ring (bicyclic) bond motifs is 1. The molecule has 18 heavy (non-hydrogen) atoms. The normalized spacial score (nSPS) is 23.7. The van der Waals surface area contributed by atoms with Crippen molar-refractivity contribution in [2.45, 2.75) is 45.6 Å². The van der Waals surface area contributed by atoms with Gasteiger partial charge in [0.05, 0.1) is 0 Å². The molecule has 0 spiro atoms. The van der Waals surface area contributed by atoms with E-state index in [4.69, 9.17) is 4.42 Å². The molecule has 1 aromatic carbocycles. The van der Waals surface area contributed by atoms with E-state index in [2.05, 4.69) is 36.3 Å². The molecule has 0 saturated heterocycles. The van der Waals surface area contributed by atoms with Crippen LogP contribution in [0.4, 0.5) is 5.69 Å². The zero-order valence-corrected chi connectivity index (χ0v) is 11.1. The van der Waals surface area contributed by atoms with Crippen molar-refractivity contribution in [2.24, 2.45) is 5.92 Å². The topological polar surface area (TPSA) is 38.1 Å². The minimum Gasteiger partial charge on any atom is -0.441 e. The first kappa shape index (κ1) is 11.6. The number of nitrogens with one attached hydrogen (secondary N) is 1. The predicted octanol–water partition coefficient (Wildman–Crippen LogP) is 3.99. The summed E-state index contributed by atoms with van der Waals surface area (Å²) in [5.41, 5.74) is 3.01. The summed E-state index contributed by atoms with van der Waals surface area (Å²) in [4.78, 5) is 4.47. The van der Waals surface area contributed by atoms with Crippen LogP contribution in [0.3, 0.4) is 0 Å². The quantitative estimate of drug-likeness (QED) is 0.887. The standard InChI is InChI=1S/C15H20N2O/c1-3-15-17-13-9-12(6-7-14(13)18-15)16-11-5-4-10(2)8-11/h6-7,9-11,16H,3-5,8H2,1-2H3. The summed E-state index contributed by atoms with van der Waals surface area (Å²) in [7, 11) is 0. The summed E-state index contributed by atoms with van der Waals surface area (Å²) in [6.45, 7) is 4.39. The Labute approximate surface area is 108 Å². The van der Waals surface area contributed by atoms with Crippen LogP contribution in [0.15, 0.2) is 22.6 Å². The number of oxazole rings is 1. The van der Waals surface area contributed by atoms with E-state index in [-0.39, 0.29) is 0 Å². The van der Waals surface area contributed by atoms with Gasteiger partial charge in [-0.2, -0.15) is 0 Å². The fourth-order valence-electron chi connectivity index (χ4n) is 2.79. The van der Waals surface area contributed by atoms with Gasteiger partial charge in [0.2, 0.25) is 0 Å². The largest absolute Gasteiger partial charge is 0.441 e. The molecule has 1 aromatic heterocycles. The van der Waals surface area contributed by atoms with Crippen LogP contribution >= 0.6 is 0 Å². The maximum Gasteiger partial charge on any atom is 0.195 e. The van der Waals surface area contributed by atoms with E-state index >= 15 is 0 Å². The molecule has 96 valence electrons.